The van der Waals surface area contributed by atoms with Crippen molar-refractivity contribution in [3.05, 3.63) is 59.7 Å². The molecule has 0 unspecified atom stereocenters. The van der Waals surface area contributed by atoms with E-state index in [2.05, 4.69) is 31.3 Å². The van der Waals surface area contributed by atoms with E-state index < -0.39 is 0 Å². The molecule has 0 atom stereocenters. The van der Waals surface area contributed by atoms with E-state index in [0.717, 1.165) is 19.4 Å². The summed E-state index contributed by atoms with van der Waals surface area (Å²) in [5.74, 6) is 1.47. The highest BCUT2D eigenvalue weighted by molar-refractivity contribution is 5.96. The van der Waals surface area contributed by atoms with Gasteiger partial charge in [0.15, 0.2) is 17.3 Å². The number of ketones is 1. The van der Waals surface area contributed by atoms with Gasteiger partial charge in [0.05, 0.1) is 13.2 Å². The molecule has 0 aliphatic carbocycles. The Bertz CT molecular complexity index is 670. The van der Waals surface area contributed by atoms with Gasteiger partial charge in [-0.1, -0.05) is 44.2 Å². The molecular formula is C22H29NO3. The zero-order valence-electron chi connectivity index (χ0n) is 15.8. The van der Waals surface area contributed by atoms with Gasteiger partial charge in [0, 0.05) is 25.1 Å². The summed E-state index contributed by atoms with van der Waals surface area (Å²) < 4.78 is 11.5. The molecule has 0 fully saturated rings. The molecule has 0 bridgehead atoms. The molecule has 0 heterocycles. The van der Waals surface area contributed by atoms with Crippen LogP contribution < -0.4 is 14.8 Å². The lowest BCUT2D eigenvalue weighted by atomic mass is 10.1. The third-order valence-electron chi connectivity index (χ3n) is 3.89. The Labute approximate surface area is 156 Å². The van der Waals surface area contributed by atoms with Gasteiger partial charge in [-0.15, -0.1) is 0 Å². The molecule has 0 spiro atoms. The van der Waals surface area contributed by atoms with Crippen LogP contribution in [0.1, 0.15) is 49.0 Å². The van der Waals surface area contributed by atoms with Crippen molar-refractivity contribution in [1.82, 2.24) is 5.32 Å². The Morgan fingerprint density at radius 1 is 0.923 bits per heavy atom. The number of Topliss-reactive ketones (excluding diaryl/α,β-unsaturated/α-hetero) is 1. The van der Waals surface area contributed by atoms with E-state index in [1.165, 1.54) is 5.56 Å². The van der Waals surface area contributed by atoms with Crippen LogP contribution in [0, 0.1) is 0 Å². The van der Waals surface area contributed by atoms with Gasteiger partial charge in [0.25, 0.3) is 0 Å². The second-order valence-electron chi connectivity index (χ2n) is 6.19. The Morgan fingerprint density at radius 3 is 2.31 bits per heavy atom. The van der Waals surface area contributed by atoms with Crippen LogP contribution in [-0.4, -0.2) is 25.5 Å². The maximum absolute atomic E-state index is 12.5. The lowest BCUT2D eigenvalue weighted by Gasteiger charge is -2.13. The highest BCUT2D eigenvalue weighted by atomic mass is 16.5. The SMILES string of the molecule is CCCOc1ccc(C(=O)CCNCc2ccccc2)cc1OCCC. The normalized spacial score (nSPS) is 10.5. The Hall–Kier alpha value is -2.33. The van der Waals surface area contributed by atoms with Gasteiger partial charge in [-0.3, -0.25) is 4.79 Å². The van der Waals surface area contributed by atoms with Gasteiger partial charge in [-0.2, -0.15) is 0 Å². The predicted octanol–water partition coefficient (Wildman–Crippen LogP) is 4.63. The second kappa shape index (κ2) is 11.3. The fraction of sp³-hybridized carbons (Fsp3) is 0.409. The lowest BCUT2D eigenvalue weighted by molar-refractivity contribution is 0.0982. The summed E-state index contributed by atoms with van der Waals surface area (Å²) in [6.07, 6.45) is 2.30. The van der Waals surface area contributed by atoms with Crippen molar-refractivity contribution in [2.45, 2.75) is 39.7 Å². The molecule has 4 nitrogen and oxygen atoms in total. The topological polar surface area (TPSA) is 47.6 Å². The maximum atomic E-state index is 12.5. The molecule has 0 saturated carbocycles. The number of ether oxygens (including phenoxy) is 2. The minimum Gasteiger partial charge on any atom is -0.490 e. The molecule has 0 saturated heterocycles. The zero-order valence-corrected chi connectivity index (χ0v) is 15.8. The third kappa shape index (κ3) is 6.52. The van der Waals surface area contributed by atoms with Gasteiger partial charge in [0.2, 0.25) is 0 Å². The first kappa shape index (κ1) is 20.0. The Morgan fingerprint density at radius 2 is 1.62 bits per heavy atom. The number of carbonyl (C=O) groups is 1. The monoisotopic (exact) mass is 355 g/mol. The van der Waals surface area contributed by atoms with E-state index in [0.29, 0.717) is 43.2 Å². The number of hydrogen-bond donors (Lipinski definition) is 1. The summed E-state index contributed by atoms with van der Waals surface area (Å²) in [6, 6.07) is 15.6. The smallest absolute Gasteiger partial charge is 0.164 e. The highest BCUT2D eigenvalue weighted by Crippen LogP contribution is 2.29. The molecule has 0 aromatic heterocycles. The predicted molar refractivity (Wildman–Crippen MR) is 105 cm³/mol. The largest absolute Gasteiger partial charge is 0.490 e. The highest BCUT2D eigenvalue weighted by Gasteiger charge is 2.11. The van der Waals surface area contributed by atoms with Crippen molar-refractivity contribution in [1.29, 1.82) is 0 Å². The molecular weight excluding hydrogens is 326 g/mol. The van der Waals surface area contributed by atoms with Crippen LogP contribution in [0.25, 0.3) is 0 Å². The van der Waals surface area contributed by atoms with E-state index in [-0.39, 0.29) is 5.78 Å². The first-order valence-electron chi connectivity index (χ1n) is 9.42. The van der Waals surface area contributed by atoms with E-state index in [9.17, 15) is 4.79 Å². The number of rotatable bonds is 12. The van der Waals surface area contributed by atoms with Gasteiger partial charge >= 0.3 is 0 Å². The minimum absolute atomic E-state index is 0.106. The molecule has 2 aromatic carbocycles. The molecule has 4 heteroatoms. The summed E-state index contributed by atoms with van der Waals surface area (Å²) in [4.78, 5) is 12.5. The van der Waals surface area contributed by atoms with Crippen LogP contribution >= 0.6 is 0 Å². The van der Waals surface area contributed by atoms with Crippen molar-refractivity contribution < 1.29 is 14.3 Å². The molecule has 2 aromatic rings. The molecule has 0 aliphatic rings. The van der Waals surface area contributed by atoms with E-state index in [1.54, 1.807) is 6.07 Å². The quantitative estimate of drug-likeness (QED) is 0.445. The van der Waals surface area contributed by atoms with E-state index >= 15 is 0 Å². The molecule has 140 valence electrons. The van der Waals surface area contributed by atoms with Gasteiger partial charge in [0.1, 0.15) is 0 Å². The van der Waals surface area contributed by atoms with Crippen molar-refractivity contribution in [3.63, 3.8) is 0 Å². The average Bonchev–Trinajstić information content (AvgIpc) is 2.69. The van der Waals surface area contributed by atoms with Gasteiger partial charge in [-0.05, 0) is 36.6 Å². The van der Waals surface area contributed by atoms with Crippen LogP contribution in [0.5, 0.6) is 11.5 Å². The maximum Gasteiger partial charge on any atom is 0.164 e. The molecule has 1 N–H and O–H groups in total. The van der Waals surface area contributed by atoms with Crippen molar-refractivity contribution in [3.8, 4) is 11.5 Å². The summed E-state index contributed by atoms with van der Waals surface area (Å²) in [7, 11) is 0. The van der Waals surface area contributed by atoms with Crippen molar-refractivity contribution in [2.24, 2.45) is 0 Å². The number of carbonyl (C=O) groups excluding carboxylic acids is 1. The van der Waals surface area contributed by atoms with Crippen LogP contribution in [0.2, 0.25) is 0 Å². The van der Waals surface area contributed by atoms with Gasteiger partial charge < -0.3 is 14.8 Å². The molecule has 26 heavy (non-hydrogen) atoms. The lowest BCUT2D eigenvalue weighted by Crippen LogP contribution is -2.18. The summed E-state index contributed by atoms with van der Waals surface area (Å²) >= 11 is 0. The number of hydrogen-bond acceptors (Lipinski definition) is 4. The molecule has 0 amide bonds. The van der Waals surface area contributed by atoms with E-state index in [4.69, 9.17) is 9.47 Å². The average molecular weight is 355 g/mol. The summed E-state index contributed by atoms with van der Waals surface area (Å²) in [5.41, 5.74) is 1.88. The molecule has 0 aliphatic heterocycles. The van der Waals surface area contributed by atoms with Crippen LogP contribution in [-0.2, 0) is 6.54 Å². The molecule has 2 rings (SSSR count). The van der Waals surface area contributed by atoms with Crippen molar-refractivity contribution in [2.75, 3.05) is 19.8 Å². The molecule has 0 radical (unpaired) electrons. The Kier molecular flexibility index (Phi) is 8.70. The van der Waals surface area contributed by atoms with Crippen LogP contribution in [0.4, 0.5) is 0 Å². The number of nitrogens with one attached hydrogen (secondary N) is 1. The fourth-order valence-electron chi connectivity index (χ4n) is 2.51. The van der Waals surface area contributed by atoms with Crippen molar-refractivity contribution >= 4 is 5.78 Å². The van der Waals surface area contributed by atoms with Crippen LogP contribution in [0.15, 0.2) is 48.5 Å². The summed E-state index contributed by atoms with van der Waals surface area (Å²) in [5, 5.41) is 3.31. The zero-order chi connectivity index (χ0) is 18.6. The minimum atomic E-state index is 0.106. The summed E-state index contributed by atoms with van der Waals surface area (Å²) in [6.45, 7) is 6.78. The first-order valence-corrected chi connectivity index (χ1v) is 9.42. The second-order valence-corrected chi connectivity index (χ2v) is 6.19. The number of benzene rings is 2. The third-order valence-corrected chi connectivity index (χ3v) is 3.89. The standard InChI is InChI=1S/C22H29NO3/c1-3-14-25-21-11-10-19(16-22(21)26-15-4-2)20(24)12-13-23-17-18-8-6-5-7-9-18/h5-11,16,23H,3-4,12-15,17H2,1-2H3. The van der Waals surface area contributed by atoms with Gasteiger partial charge in [-0.25, -0.2) is 0 Å². The first-order chi connectivity index (χ1) is 12.7. The van der Waals surface area contributed by atoms with E-state index in [1.807, 2.05) is 30.3 Å². The Balaban J connectivity index is 1.90. The van der Waals surface area contributed by atoms with Crippen LogP contribution in [0.3, 0.4) is 0 Å². The fourth-order valence-corrected chi connectivity index (χ4v) is 2.51.